The summed E-state index contributed by atoms with van der Waals surface area (Å²) in [6.45, 7) is 1.90. The minimum atomic E-state index is -2.86. The number of piperidine rings is 1. The molecule has 1 aromatic rings. The second-order valence-electron chi connectivity index (χ2n) is 5.34. The van der Waals surface area contributed by atoms with Gasteiger partial charge >= 0.3 is 6.61 Å². The molecular formula is C15H20F2N2O2. The lowest BCUT2D eigenvalue weighted by Gasteiger charge is -2.29. The van der Waals surface area contributed by atoms with Gasteiger partial charge in [-0.1, -0.05) is 6.92 Å². The van der Waals surface area contributed by atoms with Gasteiger partial charge < -0.3 is 15.4 Å². The first-order valence-electron chi connectivity index (χ1n) is 7.10. The molecule has 4 nitrogen and oxygen atoms in total. The number of ether oxygens (including phenoxy) is 1. The van der Waals surface area contributed by atoms with Crippen LogP contribution in [0.1, 0.15) is 23.7 Å². The molecule has 0 bridgehead atoms. The van der Waals surface area contributed by atoms with Gasteiger partial charge in [0.1, 0.15) is 5.75 Å². The molecule has 2 atom stereocenters. The molecule has 1 aliphatic rings. The predicted molar refractivity (Wildman–Crippen MR) is 75.5 cm³/mol. The van der Waals surface area contributed by atoms with E-state index < -0.39 is 6.61 Å². The topological polar surface area (TPSA) is 50.4 Å². The summed E-state index contributed by atoms with van der Waals surface area (Å²) >= 11 is 0. The molecule has 1 amide bonds. The molecule has 2 N–H and O–H groups in total. The van der Waals surface area contributed by atoms with Gasteiger partial charge in [0.25, 0.3) is 5.91 Å². The predicted octanol–water partition coefficient (Wildman–Crippen LogP) is 2.26. The van der Waals surface area contributed by atoms with Crippen molar-refractivity contribution in [2.45, 2.75) is 20.0 Å². The number of nitrogens with one attached hydrogen (secondary N) is 2. The highest BCUT2D eigenvalue weighted by Crippen LogP contribution is 2.18. The van der Waals surface area contributed by atoms with Gasteiger partial charge in [-0.05, 0) is 55.6 Å². The second kappa shape index (κ2) is 7.36. The Bertz CT molecular complexity index is 465. The third-order valence-electron chi connectivity index (χ3n) is 3.83. The Balaban J connectivity index is 1.85. The number of rotatable bonds is 5. The van der Waals surface area contributed by atoms with Crippen LogP contribution in [0.5, 0.6) is 5.75 Å². The third kappa shape index (κ3) is 4.67. The van der Waals surface area contributed by atoms with Crippen molar-refractivity contribution in [1.82, 2.24) is 10.6 Å². The van der Waals surface area contributed by atoms with E-state index in [-0.39, 0.29) is 11.7 Å². The Morgan fingerprint density at radius 2 is 2.14 bits per heavy atom. The molecule has 0 aliphatic carbocycles. The minimum absolute atomic E-state index is 0.0496. The number of benzene rings is 1. The van der Waals surface area contributed by atoms with Crippen LogP contribution in [-0.4, -0.2) is 32.2 Å². The van der Waals surface area contributed by atoms with Crippen LogP contribution in [0.2, 0.25) is 0 Å². The van der Waals surface area contributed by atoms with E-state index in [1.165, 1.54) is 24.3 Å². The molecular weight excluding hydrogens is 278 g/mol. The van der Waals surface area contributed by atoms with Crippen molar-refractivity contribution in [3.8, 4) is 5.75 Å². The minimum Gasteiger partial charge on any atom is -0.435 e. The quantitative estimate of drug-likeness (QED) is 0.876. The highest BCUT2D eigenvalue weighted by atomic mass is 19.3. The fourth-order valence-corrected chi connectivity index (χ4v) is 2.49. The lowest BCUT2D eigenvalue weighted by molar-refractivity contribution is -0.0498. The highest BCUT2D eigenvalue weighted by Gasteiger charge is 2.21. The van der Waals surface area contributed by atoms with Gasteiger partial charge in [0.05, 0.1) is 0 Å². The van der Waals surface area contributed by atoms with Crippen LogP contribution in [0.15, 0.2) is 24.3 Å². The average Bonchev–Trinajstić information content (AvgIpc) is 2.46. The summed E-state index contributed by atoms with van der Waals surface area (Å²) in [5.41, 5.74) is 0.443. The summed E-state index contributed by atoms with van der Waals surface area (Å²) in [4.78, 5) is 12.0. The molecule has 21 heavy (non-hydrogen) atoms. The summed E-state index contributed by atoms with van der Waals surface area (Å²) in [6, 6.07) is 5.71. The van der Waals surface area contributed by atoms with Gasteiger partial charge in [-0.15, -0.1) is 0 Å². The highest BCUT2D eigenvalue weighted by molar-refractivity contribution is 5.94. The zero-order chi connectivity index (χ0) is 15.2. The second-order valence-corrected chi connectivity index (χ2v) is 5.34. The maximum atomic E-state index is 12.0. The molecule has 0 saturated carbocycles. The van der Waals surface area contributed by atoms with Crippen molar-refractivity contribution in [1.29, 1.82) is 0 Å². The Hall–Kier alpha value is -1.69. The zero-order valence-electron chi connectivity index (χ0n) is 11.9. The molecule has 1 fully saturated rings. The van der Waals surface area contributed by atoms with Crippen LogP contribution in [0, 0.1) is 11.8 Å². The van der Waals surface area contributed by atoms with E-state index in [4.69, 9.17) is 0 Å². The van der Waals surface area contributed by atoms with Crippen molar-refractivity contribution >= 4 is 5.91 Å². The van der Waals surface area contributed by atoms with Crippen molar-refractivity contribution in [3.63, 3.8) is 0 Å². The molecule has 0 aromatic heterocycles. The summed E-state index contributed by atoms with van der Waals surface area (Å²) in [7, 11) is 0. The number of carbonyl (C=O) groups excluding carboxylic acids is 1. The number of amides is 1. The molecule has 116 valence electrons. The van der Waals surface area contributed by atoms with E-state index >= 15 is 0 Å². The fourth-order valence-electron chi connectivity index (χ4n) is 2.49. The van der Waals surface area contributed by atoms with E-state index in [1.54, 1.807) is 0 Å². The maximum Gasteiger partial charge on any atom is 0.387 e. The molecule has 2 unspecified atom stereocenters. The van der Waals surface area contributed by atoms with Crippen molar-refractivity contribution in [3.05, 3.63) is 29.8 Å². The zero-order valence-corrected chi connectivity index (χ0v) is 11.9. The van der Waals surface area contributed by atoms with E-state index in [1.807, 2.05) is 0 Å². The van der Waals surface area contributed by atoms with Crippen LogP contribution < -0.4 is 15.4 Å². The monoisotopic (exact) mass is 298 g/mol. The van der Waals surface area contributed by atoms with Crippen LogP contribution in [0.25, 0.3) is 0 Å². The molecule has 6 heteroatoms. The van der Waals surface area contributed by atoms with Gasteiger partial charge in [0.15, 0.2) is 0 Å². The van der Waals surface area contributed by atoms with E-state index in [2.05, 4.69) is 22.3 Å². The van der Waals surface area contributed by atoms with Crippen molar-refractivity contribution in [2.75, 3.05) is 19.6 Å². The molecule has 1 saturated heterocycles. The van der Waals surface area contributed by atoms with Gasteiger partial charge in [-0.3, -0.25) is 4.79 Å². The first-order valence-corrected chi connectivity index (χ1v) is 7.10. The molecule has 1 aliphatic heterocycles. The summed E-state index contributed by atoms with van der Waals surface area (Å²) in [5.74, 6) is 0.857. The largest absolute Gasteiger partial charge is 0.435 e. The number of hydrogen-bond donors (Lipinski definition) is 2. The fraction of sp³-hybridized carbons (Fsp3) is 0.533. The first kappa shape index (κ1) is 15.7. The normalized spacial score (nSPS) is 22.1. The Labute approximate surface area is 122 Å². The van der Waals surface area contributed by atoms with Gasteiger partial charge in [-0.25, -0.2) is 0 Å². The molecule has 2 rings (SSSR count). The Kier molecular flexibility index (Phi) is 5.50. The first-order chi connectivity index (χ1) is 10.1. The third-order valence-corrected chi connectivity index (χ3v) is 3.83. The maximum absolute atomic E-state index is 12.0. The van der Waals surface area contributed by atoms with Crippen LogP contribution in [-0.2, 0) is 0 Å². The van der Waals surface area contributed by atoms with Gasteiger partial charge in [0, 0.05) is 12.1 Å². The number of hydrogen-bond acceptors (Lipinski definition) is 3. The van der Waals surface area contributed by atoms with E-state index in [0.717, 1.165) is 19.5 Å². The van der Waals surface area contributed by atoms with E-state index in [0.29, 0.717) is 23.9 Å². The number of halogens is 2. The molecule has 1 heterocycles. The van der Waals surface area contributed by atoms with Crippen LogP contribution in [0.3, 0.4) is 0 Å². The van der Waals surface area contributed by atoms with Gasteiger partial charge in [0.2, 0.25) is 0 Å². The number of alkyl halides is 2. The summed E-state index contributed by atoms with van der Waals surface area (Å²) < 4.78 is 28.3. The van der Waals surface area contributed by atoms with E-state index in [9.17, 15) is 13.6 Å². The van der Waals surface area contributed by atoms with Crippen molar-refractivity contribution in [2.24, 2.45) is 11.8 Å². The molecule has 1 aromatic carbocycles. The molecule has 0 spiro atoms. The average molecular weight is 298 g/mol. The number of carbonyl (C=O) groups is 1. The summed E-state index contributed by atoms with van der Waals surface area (Å²) in [6.07, 6.45) is 1.04. The molecule has 0 radical (unpaired) electrons. The van der Waals surface area contributed by atoms with Gasteiger partial charge in [-0.2, -0.15) is 8.78 Å². The lowest BCUT2D eigenvalue weighted by atomic mass is 9.88. The van der Waals surface area contributed by atoms with Crippen LogP contribution in [0.4, 0.5) is 8.78 Å². The standard InChI is InChI=1S/C15H20F2N2O2/c1-10-8-18-7-6-12(10)9-19-14(20)11-2-4-13(5-3-11)21-15(16)17/h2-5,10,12,15,18H,6-9H2,1H3,(H,19,20). The summed E-state index contributed by atoms with van der Waals surface area (Å²) in [5, 5.41) is 6.22. The SMILES string of the molecule is CC1CNCCC1CNC(=O)c1ccc(OC(F)F)cc1. The Morgan fingerprint density at radius 1 is 1.43 bits per heavy atom. The smallest absolute Gasteiger partial charge is 0.387 e. The Morgan fingerprint density at radius 3 is 2.76 bits per heavy atom. The van der Waals surface area contributed by atoms with Crippen LogP contribution >= 0.6 is 0 Å². The lowest BCUT2D eigenvalue weighted by Crippen LogP contribution is -2.41. The van der Waals surface area contributed by atoms with Crippen molar-refractivity contribution < 1.29 is 18.3 Å².